The first kappa shape index (κ1) is 51.1. The smallest absolute Gasteiger partial charge is 0.397 e. The molecule has 332 valence electrons. The fraction of sp³-hybridized carbons (Fsp3) is 0.837. The molecule has 1 aliphatic rings. The summed E-state index contributed by atoms with van der Waals surface area (Å²) in [5.74, 6) is 1.08. The Morgan fingerprint density at radius 2 is 1.09 bits per heavy atom. The molecule has 0 unspecified atom stereocenters. The topological polar surface area (TPSA) is 190 Å². The third-order valence-corrected chi connectivity index (χ3v) is 10.8. The zero-order valence-electron chi connectivity index (χ0n) is 35.1. The maximum atomic E-state index is 13.2. The highest BCUT2D eigenvalue weighted by Crippen LogP contribution is 2.27. The molecular formula is C43H77NO12S. The lowest BCUT2D eigenvalue weighted by Gasteiger charge is -2.40. The van der Waals surface area contributed by atoms with Gasteiger partial charge < -0.3 is 39.6 Å². The summed E-state index contributed by atoms with van der Waals surface area (Å²) in [7, 11) is -4.99. The van der Waals surface area contributed by atoms with Crippen molar-refractivity contribution in [1.82, 2.24) is 5.32 Å². The number of carbonyl (C=O) groups excluding carboxylic acids is 1. The van der Waals surface area contributed by atoms with Gasteiger partial charge in [-0.1, -0.05) is 142 Å². The molecule has 1 aromatic carbocycles. The molecule has 1 aliphatic heterocycles. The molecule has 1 heterocycles. The van der Waals surface area contributed by atoms with E-state index < -0.39 is 47.7 Å². The highest BCUT2D eigenvalue weighted by molar-refractivity contribution is 7.80. The van der Waals surface area contributed by atoms with Crippen LogP contribution < -0.4 is 14.8 Å². The van der Waals surface area contributed by atoms with Crippen LogP contribution in [0.1, 0.15) is 178 Å². The molecule has 0 saturated carbocycles. The number of hydrogen-bond acceptors (Lipinski definition) is 11. The van der Waals surface area contributed by atoms with Gasteiger partial charge in [-0.2, -0.15) is 8.42 Å². The van der Waals surface area contributed by atoms with E-state index in [9.17, 15) is 28.5 Å². The van der Waals surface area contributed by atoms with Crippen LogP contribution in [0.4, 0.5) is 0 Å². The van der Waals surface area contributed by atoms with Crippen molar-refractivity contribution in [2.24, 2.45) is 0 Å². The van der Waals surface area contributed by atoms with Crippen molar-refractivity contribution in [2.75, 3.05) is 33.0 Å². The predicted molar refractivity (Wildman–Crippen MR) is 222 cm³/mol. The fourth-order valence-electron chi connectivity index (χ4n) is 6.96. The maximum Gasteiger partial charge on any atom is 0.397 e. The Morgan fingerprint density at radius 3 is 1.54 bits per heavy atom. The summed E-state index contributed by atoms with van der Waals surface area (Å²) in [4.78, 5) is 13.2. The molecule has 13 nitrogen and oxygen atoms in total. The summed E-state index contributed by atoms with van der Waals surface area (Å²) >= 11 is 0. The first-order valence-corrected chi connectivity index (χ1v) is 23.5. The van der Waals surface area contributed by atoms with Crippen LogP contribution in [0.25, 0.3) is 0 Å². The molecule has 1 amide bonds. The van der Waals surface area contributed by atoms with Crippen LogP contribution in [0, 0.1) is 0 Å². The van der Waals surface area contributed by atoms with Gasteiger partial charge in [-0.05, 0) is 37.8 Å². The highest BCUT2D eigenvalue weighted by atomic mass is 32.3. The molecule has 0 spiro atoms. The zero-order chi connectivity index (χ0) is 41.6. The van der Waals surface area contributed by atoms with Gasteiger partial charge >= 0.3 is 10.4 Å². The molecule has 2 rings (SSSR count). The van der Waals surface area contributed by atoms with Crippen LogP contribution >= 0.6 is 0 Å². The van der Waals surface area contributed by atoms with Gasteiger partial charge in [-0.15, -0.1) is 0 Å². The van der Waals surface area contributed by atoms with Crippen molar-refractivity contribution >= 4 is 16.3 Å². The van der Waals surface area contributed by atoms with Gasteiger partial charge in [0.2, 0.25) is 0 Å². The standard InChI is InChI=1S/C43H77NO12S/c1-3-5-7-9-11-13-15-17-20-24-28-52-36-31-35(32-37(33-36)53-29-25-21-18-16-14-12-10-8-6-4-2)42(48)44-27-23-19-22-26-30-54-43-40(47)41(56-57(49,50)51)39(46)38(34-45)55-43/h31-33,38-41,43,45-47H,3-30,34H2,1-2H3,(H,44,48)(H,49,50,51)/t38-,39+,40-,41+,43-/m1/s1. The van der Waals surface area contributed by atoms with Crippen LogP contribution in [-0.2, 0) is 24.1 Å². The van der Waals surface area contributed by atoms with Gasteiger partial charge in [-0.25, -0.2) is 4.18 Å². The largest absolute Gasteiger partial charge is 0.493 e. The number of amides is 1. The van der Waals surface area contributed by atoms with Gasteiger partial charge in [0.15, 0.2) is 6.29 Å². The van der Waals surface area contributed by atoms with E-state index >= 15 is 0 Å². The van der Waals surface area contributed by atoms with E-state index in [1.165, 1.54) is 103 Å². The van der Waals surface area contributed by atoms with Crippen molar-refractivity contribution in [3.05, 3.63) is 23.8 Å². The van der Waals surface area contributed by atoms with Crippen LogP contribution in [0.5, 0.6) is 11.5 Å². The highest BCUT2D eigenvalue weighted by Gasteiger charge is 2.47. The Morgan fingerprint density at radius 1 is 0.649 bits per heavy atom. The lowest BCUT2D eigenvalue weighted by Crippen LogP contribution is -2.60. The SMILES string of the molecule is CCCCCCCCCCCCOc1cc(OCCCCCCCCCCCC)cc(C(=O)NCCCCCCO[C@@H]2O[C@H](CO)[C@H](O)[C@H](OS(=O)(=O)O)[C@H]2O)c1. The fourth-order valence-corrected chi connectivity index (χ4v) is 7.47. The van der Waals surface area contributed by atoms with Crippen molar-refractivity contribution in [2.45, 2.75) is 199 Å². The molecule has 5 N–H and O–H groups in total. The van der Waals surface area contributed by atoms with Crippen molar-refractivity contribution in [3.8, 4) is 11.5 Å². The predicted octanol–water partition coefficient (Wildman–Crippen LogP) is 8.22. The van der Waals surface area contributed by atoms with Gasteiger partial charge in [0.25, 0.3) is 5.91 Å². The Hall–Kier alpha value is -2.04. The number of aliphatic hydroxyl groups is 3. The molecule has 1 aromatic rings. The summed E-state index contributed by atoms with van der Waals surface area (Å²) in [6, 6.07) is 5.45. The van der Waals surface area contributed by atoms with E-state index in [0.29, 0.717) is 49.7 Å². The zero-order valence-corrected chi connectivity index (χ0v) is 35.9. The van der Waals surface area contributed by atoms with Gasteiger partial charge in [0.1, 0.15) is 35.9 Å². The van der Waals surface area contributed by atoms with E-state index in [-0.39, 0.29) is 12.5 Å². The third-order valence-electron chi connectivity index (χ3n) is 10.4. The number of carbonyl (C=O) groups is 1. The molecule has 0 aliphatic carbocycles. The Labute approximate surface area is 343 Å². The second-order valence-electron chi connectivity index (χ2n) is 15.5. The molecular weight excluding hydrogens is 755 g/mol. The molecule has 5 atom stereocenters. The van der Waals surface area contributed by atoms with Crippen LogP contribution in [0.2, 0.25) is 0 Å². The van der Waals surface area contributed by atoms with Gasteiger partial charge in [0.05, 0.1) is 19.8 Å². The normalized spacial score (nSPS) is 19.8. The first-order chi connectivity index (χ1) is 27.6. The molecule has 0 radical (unpaired) electrons. The second-order valence-corrected chi connectivity index (χ2v) is 16.5. The Bertz CT molecular complexity index is 1220. The summed E-state index contributed by atoms with van der Waals surface area (Å²) in [5, 5.41) is 33.0. The number of unbranched alkanes of at least 4 members (excludes halogenated alkanes) is 21. The van der Waals surface area contributed by atoms with E-state index in [1.807, 2.05) is 6.07 Å². The van der Waals surface area contributed by atoms with E-state index in [2.05, 4.69) is 23.3 Å². The first-order valence-electron chi connectivity index (χ1n) is 22.2. The maximum absolute atomic E-state index is 13.2. The van der Waals surface area contributed by atoms with E-state index in [0.717, 1.165) is 38.5 Å². The van der Waals surface area contributed by atoms with Crippen molar-refractivity contribution in [1.29, 1.82) is 0 Å². The minimum atomic E-state index is -4.99. The lowest BCUT2D eigenvalue weighted by molar-refractivity contribution is -0.297. The number of benzene rings is 1. The van der Waals surface area contributed by atoms with Crippen LogP contribution in [0.15, 0.2) is 18.2 Å². The molecule has 14 heteroatoms. The summed E-state index contributed by atoms with van der Waals surface area (Å²) in [6.07, 6.45) is 19.9. The lowest BCUT2D eigenvalue weighted by atomic mass is 9.99. The monoisotopic (exact) mass is 832 g/mol. The quantitative estimate of drug-likeness (QED) is 0.0322. The summed E-state index contributed by atoms with van der Waals surface area (Å²) < 4.78 is 58.9. The number of nitrogens with one attached hydrogen (secondary N) is 1. The Balaban J connectivity index is 1.76. The van der Waals surface area contributed by atoms with Gasteiger partial charge in [-0.3, -0.25) is 9.35 Å². The van der Waals surface area contributed by atoms with E-state index in [4.69, 9.17) is 23.5 Å². The minimum Gasteiger partial charge on any atom is -0.493 e. The Kier molecular flexibility index (Phi) is 28.5. The van der Waals surface area contributed by atoms with Gasteiger partial charge in [0, 0.05) is 24.8 Å². The molecule has 1 saturated heterocycles. The van der Waals surface area contributed by atoms with Crippen LogP contribution in [0.3, 0.4) is 0 Å². The van der Waals surface area contributed by atoms with Crippen molar-refractivity contribution < 1.29 is 56.2 Å². The summed E-state index contributed by atoms with van der Waals surface area (Å²) in [6.45, 7) is 5.60. The number of hydrogen-bond donors (Lipinski definition) is 5. The molecule has 57 heavy (non-hydrogen) atoms. The van der Waals surface area contributed by atoms with Crippen molar-refractivity contribution in [3.63, 3.8) is 0 Å². The number of rotatable bonds is 36. The molecule has 0 bridgehead atoms. The average molecular weight is 832 g/mol. The van der Waals surface area contributed by atoms with E-state index in [1.54, 1.807) is 12.1 Å². The van der Waals surface area contributed by atoms with Crippen LogP contribution in [-0.4, -0.2) is 97.9 Å². The number of ether oxygens (including phenoxy) is 4. The molecule has 1 fully saturated rings. The average Bonchev–Trinajstić information content (AvgIpc) is 3.18. The molecule has 0 aromatic heterocycles. The number of aliphatic hydroxyl groups excluding tert-OH is 3. The minimum absolute atomic E-state index is 0.134. The second kappa shape index (κ2) is 31.8. The summed E-state index contributed by atoms with van der Waals surface area (Å²) in [5.41, 5.74) is 0.496. The third kappa shape index (κ3) is 24.0.